The summed E-state index contributed by atoms with van der Waals surface area (Å²) in [5.41, 5.74) is 4.48. The molecule has 0 aromatic heterocycles. The van der Waals surface area contributed by atoms with Crippen molar-refractivity contribution in [2.24, 2.45) is 22.9 Å². The SMILES string of the molecule is C=CCO[C@@]12Oc3ccc(OCCN4CC4)cc3[C@H]3[C@H](CCCCO)[C@@H](CCCCO)C=C(C(=NOCC)C[C@@H]1N(Cc1ccc4c(c1)OCO4)C(=O)OCCOCc1ccccc1)[C@H]32. The van der Waals surface area contributed by atoms with Crippen LogP contribution in [0.4, 0.5) is 4.79 Å². The Bertz CT molecular complexity index is 2110. The number of benzene rings is 3. The number of rotatable bonds is 25. The molecule has 1 amide bonds. The number of amides is 1. The lowest BCUT2D eigenvalue weighted by Crippen LogP contribution is -2.70. The quantitative estimate of drug-likeness (QED) is 0.0373. The Labute approximate surface area is 382 Å². The number of ether oxygens (including phenoxy) is 7. The van der Waals surface area contributed by atoms with E-state index in [1.807, 2.05) is 67.6 Å². The third kappa shape index (κ3) is 11.0. The third-order valence-corrected chi connectivity index (χ3v) is 13.1. The van der Waals surface area contributed by atoms with Crippen LogP contribution in [0, 0.1) is 17.8 Å². The molecule has 2 aliphatic carbocycles. The average Bonchev–Trinajstić information content (AvgIpc) is 4.04. The smallest absolute Gasteiger partial charge is 0.410 e. The summed E-state index contributed by atoms with van der Waals surface area (Å²) in [6, 6.07) is 20.8. The molecule has 1 saturated heterocycles. The second kappa shape index (κ2) is 22.4. The van der Waals surface area contributed by atoms with Gasteiger partial charge in [0.1, 0.15) is 37.4 Å². The first-order valence-corrected chi connectivity index (χ1v) is 23.5. The maximum absolute atomic E-state index is 15.0. The summed E-state index contributed by atoms with van der Waals surface area (Å²) in [6.07, 6.45) is 8.38. The van der Waals surface area contributed by atoms with Crippen LogP contribution in [0.1, 0.15) is 74.5 Å². The van der Waals surface area contributed by atoms with Crippen LogP contribution in [-0.2, 0) is 32.2 Å². The number of hydrogen-bond donors (Lipinski definition) is 2. The molecule has 3 heterocycles. The summed E-state index contributed by atoms with van der Waals surface area (Å²) in [7, 11) is 0. The molecule has 0 bridgehead atoms. The molecule has 8 rings (SSSR count). The van der Waals surface area contributed by atoms with Gasteiger partial charge in [-0.1, -0.05) is 66.5 Å². The number of oxime groups is 1. The van der Waals surface area contributed by atoms with Gasteiger partial charge in [0.25, 0.3) is 0 Å². The topological polar surface area (TPSA) is 150 Å². The van der Waals surface area contributed by atoms with Gasteiger partial charge in [-0.25, -0.2) is 4.79 Å². The second-order valence-electron chi connectivity index (χ2n) is 17.3. The first kappa shape index (κ1) is 46.4. The molecule has 0 unspecified atom stereocenters. The first-order valence-electron chi connectivity index (χ1n) is 23.5. The predicted octanol–water partition coefficient (Wildman–Crippen LogP) is 7.62. The van der Waals surface area contributed by atoms with E-state index in [1.165, 1.54) is 0 Å². The van der Waals surface area contributed by atoms with E-state index in [0.717, 1.165) is 73.3 Å². The van der Waals surface area contributed by atoms with Crippen LogP contribution in [0.15, 0.2) is 96.2 Å². The number of aliphatic hydroxyl groups excluding tert-OH is 2. The molecule has 65 heavy (non-hydrogen) atoms. The summed E-state index contributed by atoms with van der Waals surface area (Å²) >= 11 is 0. The zero-order chi connectivity index (χ0) is 45.0. The van der Waals surface area contributed by atoms with E-state index in [4.69, 9.17) is 43.2 Å². The molecule has 3 aromatic carbocycles. The molecule has 3 aromatic rings. The number of hydrogen-bond acceptors (Lipinski definition) is 13. The van der Waals surface area contributed by atoms with Crippen LogP contribution in [0.5, 0.6) is 23.0 Å². The number of carbonyl (C=O) groups excluding carboxylic acids is 1. The van der Waals surface area contributed by atoms with Gasteiger partial charge in [0.05, 0.1) is 31.5 Å². The molecule has 0 spiro atoms. The molecule has 5 aliphatic rings. The van der Waals surface area contributed by atoms with Crippen molar-refractivity contribution in [3.63, 3.8) is 0 Å². The van der Waals surface area contributed by atoms with Crippen LogP contribution in [0.25, 0.3) is 0 Å². The lowest BCUT2D eigenvalue weighted by molar-refractivity contribution is -0.256. The van der Waals surface area contributed by atoms with Gasteiger partial charge >= 0.3 is 6.09 Å². The lowest BCUT2D eigenvalue weighted by Gasteiger charge is -2.59. The van der Waals surface area contributed by atoms with E-state index >= 15 is 0 Å². The monoisotopic (exact) mass is 895 g/mol. The average molecular weight is 896 g/mol. The Balaban J connectivity index is 1.24. The molecule has 3 aliphatic heterocycles. The van der Waals surface area contributed by atoms with Gasteiger partial charge < -0.3 is 48.2 Å². The Hall–Kier alpha value is -5.12. The molecule has 14 heteroatoms. The van der Waals surface area contributed by atoms with Gasteiger partial charge in [0, 0.05) is 57.3 Å². The van der Waals surface area contributed by atoms with E-state index in [-0.39, 0.29) is 70.5 Å². The number of unbranched alkanes of at least 4 members (excludes halogenated alkanes) is 2. The highest BCUT2D eigenvalue weighted by atomic mass is 16.7. The summed E-state index contributed by atoms with van der Waals surface area (Å²) in [6.45, 7) is 11.1. The fourth-order valence-corrected chi connectivity index (χ4v) is 10.0. The van der Waals surface area contributed by atoms with Crippen molar-refractivity contribution in [3.8, 4) is 23.0 Å². The van der Waals surface area contributed by atoms with Crippen molar-refractivity contribution in [1.82, 2.24) is 9.80 Å². The van der Waals surface area contributed by atoms with E-state index < -0.39 is 23.8 Å². The minimum Gasteiger partial charge on any atom is -0.492 e. The summed E-state index contributed by atoms with van der Waals surface area (Å²) in [4.78, 5) is 24.9. The van der Waals surface area contributed by atoms with E-state index in [0.29, 0.717) is 55.6 Å². The predicted molar refractivity (Wildman–Crippen MR) is 244 cm³/mol. The van der Waals surface area contributed by atoms with Crippen molar-refractivity contribution in [2.75, 3.05) is 72.7 Å². The normalized spacial score (nSPS) is 24.3. The fourth-order valence-electron chi connectivity index (χ4n) is 10.0. The first-order chi connectivity index (χ1) is 32.0. The van der Waals surface area contributed by atoms with Crippen LogP contribution in [-0.4, -0.2) is 116 Å². The molecule has 0 radical (unpaired) electrons. The fraction of sp³-hybridized carbons (Fsp3) is 0.529. The number of nitrogens with zero attached hydrogens (tertiary/aromatic N) is 3. The third-order valence-electron chi connectivity index (χ3n) is 13.1. The molecule has 1 saturated carbocycles. The number of allylic oxidation sites excluding steroid dienone is 1. The molecular weight excluding hydrogens is 831 g/mol. The molecule has 14 nitrogen and oxygen atoms in total. The van der Waals surface area contributed by atoms with Gasteiger partial charge in [0.2, 0.25) is 12.6 Å². The van der Waals surface area contributed by atoms with Crippen LogP contribution < -0.4 is 18.9 Å². The van der Waals surface area contributed by atoms with Crippen molar-refractivity contribution in [2.45, 2.75) is 82.8 Å². The van der Waals surface area contributed by atoms with Gasteiger partial charge in [0.15, 0.2) is 11.5 Å². The number of aliphatic hydroxyl groups is 2. The maximum atomic E-state index is 15.0. The van der Waals surface area contributed by atoms with Gasteiger partial charge in [-0.15, -0.1) is 6.58 Å². The van der Waals surface area contributed by atoms with Gasteiger partial charge in [-0.05, 0) is 91.5 Å². The molecule has 2 fully saturated rings. The van der Waals surface area contributed by atoms with E-state index in [2.05, 4.69) is 23.6 Å². The van der Waals surface area contributed by atoms with E-state index in [9.17, 15) is 15.0 Å². The molecule has 350 valence electrons. The number of carbonyl (C=O) groups is 1. The minimum atomic E-state index is -1.46. The highest BCUT2D eigenvalue weighted by molar-refractivity contribution is 6.03. The van der Waals surface area contributed by atoms with Crippen molar-refractivity contribution >= 4 is 11.8 Å². The lowest BCUT2D eigenvalue weighted by atomic mass is 9.55. The summed E-state index contributed by atoms with van der Waals surface area (Å²) < 4.78 is 44.5. The maximum Gasteiger partial charge on any atom is 0.410 e. The number of fused-ring (bicyclic) bond motifs is 3. The van der Waals surface area contributed by atoms with Gasteiger partial charge in [-0.3, -0.25) is 9.80 Å². The molecule has 6 atom stereocenters. The largest absolute Gasteiger partial charge is 0.492 e. The van der Waals surface area contributed by atoms with Crippen LogP contribution in [0.2, 0.25) is 0 Å². The second-order valence-corrected chi connectivity index (χ2v) is 17.3. The molecular formula is C51H65N3O11. The highest BCUT2D eigenvalue weighted by Gasteiger charge is 2.65. The standard InChI is InChI=1S/C51H65N3O11/c1-3-25-63-51-47(54(33-37-16-18-45-46(29-37)62-35-61-45)50(57)60-28-27-58-34-36-12-6-5-7-13-36)32-43(52-64-4-2)41-30-38(14-8-10-23-55)40(15-9-11-24-56)48(49(41)51)42-31-39(17-19-44(42)65-51)59-26-22-53-20-21-53/h3,5-7,12-13,16-19,29-31,38,40,47-49,55-56H,1,4,8-11,14-15,20-28,32-35H2,2H3/t38-,40+,47-,48+,49+,51+/m0/s1. The molecule has 2 N–H and O–H groups in total. The van der Waals surface area contributed by atoms with Crippen molar-refractivity contribution in [3.05, 3.63) is 108 Å². The zero-order valence-corrected chi connectivity index (χ0v) is 37.7. The zero-order valence-electron chi connectivity index (χ0n) is 37.7. The Kier molecular flexibility index (Phi) is 16.0. The van der Waals surface area contributed by atoms with Crippen molar-refractivity contribution in [1.29, 1.82) is 0 Å². The van der Waals surface area contributed by atoms with E-state index in [1.54, 1.807) is 11.0 Å². The Morgan fingerprint density at radius 1 is 0.938 bits per heavy atom. The Morgan fingerprint density at radius 3 is 2.52 bits per heavy atom. The van der Waals surface area contributed by atoms with Crippen LogP contribution >= 0.6 is 0 Å². The van der Waals surface area contributed by atoms with Gasteiger partial charge in [-0.2, -0.15) is 0 Å². The summed E-state index contributed by atoms with van der Waals surface area (Å²) in [5, 5.41) is 24.8. The minimum absolute atomic E-state index is 0.0142. The van der Waals surface area contributed by atoms with Crippen LogP contribution in [0.3, 0.4) is 0 Å². The highest BCUT2D eigenvalue weighted by Crippen LogP contribution is 2.62. The Morgan fingerprint density at radius 2 is 1.74 bits per heavy atom. The summed E-state index contributed by atoms with van der Waals surface area (Å²) in [5.74, 6) is 0.669. The van der Waals surface area contributed by atoms with Crippen molar-refractivity contribution < 1.29 is 53.0 Å².